The number of aliphatic hydroxyl groups excluding tert-OH is 2. The fourth-order valence-electron chi connectivity index (χ4n) is 2.40. The molecule has 2 aromatic heterocycles. The predicted molar refractivity (Wildman–Crippen MR) is 83.6 cm³/mol. The van der Waals surface area contributed by atoms with Gasteiger partial charge in [-0.25, -0.2) is 9.55 Å². The van der Waals surface area contributed by atoms with Crippen LogP contribution >= 0.6 is 7.82 Å². The summed E-state index contributed by atoms with van der Waals surface area (Å²) in [6.07, 6.45) is -4.22. The number of aromatic nitrogens is 4. The number of anilines is 1. The number of nitrogens with one attached hydrogen (secondary N) is 1. The van der Waals surface area contributed by atoms with Crippen molar-refractivity contribution < 1.29 is 33.8 Å². The van der Waals surface area contributed by atoms with E-state index in [-0.39, 0.29) is 68.5 Å². The number of imidazole rings is 1. The minimum atomic E-state index is -4.76. The first kappa shape index (κ1) is 21.1. The molecule has 1 fully saturated rings. The zero-order chi connectivity index (χ0) is 17.6. The van der Waals surface area contributed by atoms with Crippen molar-refractivity contribution in [2.24, 2.45) is 0 Å². The Morgan fingerprint density at radius 3 is 2.72 bits per heavy atom. The van der Waals surface area contributed by atoms with Crippen molar-refractivity contribution >= 4 is 76.3 Å². The molecule has 2 aromatic rings. The van der Waals surface area contributed by atoms with E-state index in [1.807, 2.05) is 0 Å². The third kappa shape index (κ3) is 4.37. The molecular weight excluding hydrogens is 388 g/mol. The number of phosphoric ester groups is 1. The van der Waals surface area contributed by atoms with Gasteiger partial charge in [-0.3, -0.25) is 18.9 Å². The number of aliphatic hydroxyl groups is 2. The number of H-pyrrole nitrogens is 1. The SMILES string of the molecule is Nc1nc2c(ncn2[C@@H]2O[C@H](COP(=O)(O)O)C(O)C2O)c(=O)[nH]1.[KH]. The Morgan fingerprint density at radius 1 is 1.40 bits per heavy atom. The van der Waals surface area contributed by atoms with Crippen molar-refractivity contribution in [3.8, 4) is 0 Å². The number of nitrogens with zero attached hydrogens (tertiary/aromatic N) is 3. The van der Waals surface area contributed by atoms with Crippen LogP contribution in [-0.2, 0) is 13.8 Å². The molecule has 0 amide bonds. The second kappa shape index (κ2) is 7.80. The van der Waals surface area contributed by atoms with Crippen molar-refractivity contribution in [1.29, 1.82) is 0 Å². The molecule has 1 saturated heterocycles. The Morgan fingerprint density at radius 2 is 2.08 bits per heavy atom. The average molecular weight is 403 g/mol. The van der Waals surface area contributed by atoms with Crippen LogP contribution in [0.5, 0.6) is 0 Å². The molecule has 25 heavy (non-hydrogen) atoms. The Balaban J connectivity index is 0.00000225. The van der Waals surface area contributed by atoms with E-state index in [2.05, 4.69) is 19.5 Å². The molecule has 0 spiro atoms. The van der Waals surface area contributed by atoms with Gasteiger partial charge in [0, 0.05) is 0 Å². The molecule has 3 heterocycles. The molecule has 0 bridgehead atoms. The fraction of sp³-hybridized carbons (Fsp3) is 0.500. The summed E-state index contributed by atoms with van der Waals surface area (Å²) in [4.78, 5) is 39.1. The van der Waals surface area contributed by atoms with Crippen molar-refractivity contribution in [2.75, 3.05) is 12.3 Å². The molecule has 1 aliphatic rings. The van der Waals surface area contributed by atoms with Gasteiger partial charge < -0.3 is 30.5 Å². The maximum atomic E-state index is 11.7. The Labute approximate surface area is 181 Å². The quantitative estimate of drug-likeness (QED) is 0.221. The molecule has 1 aliphatic heterocycles. The van der Waals surface area contributed by atoms with E-state index in [4.69, 9.17) is 20.3 Å². The molecule has 15 heteroatoms. The number of phosphoric acid groups is 1. The van der Waals surface area contributed by atoms with Crippen LogP contribution in [0.3, 0.4) is 0 Å². The van der Waals surface area contributed by atoms with Gasteiger partial charge in [0.05, 0.1) is 12.9 Å². The zero-order valence-electron chi connectivity index (χ0n) is 11.9. The number of nitrogen functional groups attached to an aromatic ring is 1. The third-order valence-corrected chi connectivity index (χ3v) is 3.95. The van der Waals surface area contributed by atoms with Crippen LogP contribution in [0.15, 0.2) is 11.1 Å². The summed E-state index contributed by atoms with van der Waals surface area (Å²) in [6.45, 7) is -0.651. The molecule has 2 unspecified atom stereocenters. The number of rotatable bonds is 4. The molecule has 3 rings (SSSR count). The molecule has 4 atom stereocenters. The third-order valence-electron chi connectivity index (χ3n) is 3.47. The van der Waals surface area contributed by atoms with Gasteiger partial charge in [-0.05, 0) is 0 Å². The normalized spacial score (nSPS) is 26.7. The van der Waals surface area contributed by atoms with Crippen molar-refractivity contribution in [3.05, 3.63) is 16.7 Å². The van der Waals surface area contributed by atoms with E-state index in [0.29, 0.717) is 0 Å². The number of ether oxygens (including phenoxy) is 1. The second-order valence-electron chi connectivity index (χ2n) is 5.11. The average Bonchev–Trinajstić information content (AvgIpc) is 3.00. The van der Waals surface area contributed by atoms with Gasteiger partial charge >= 0.3 is 59.2 Å². The van der Waals surface area contributed by atoms with Crippen LogP contribution in [-0.4, -0.2) is 116 Å². The molecule has 0 saturated carbocycles. The van der Waals surface area contributed by atoms with Gasteiger partial charge in [0.15, 0.2) is 17.4 Å². The molecule has 0 radical (unpaired) electrons. The van der Waals surface area contributed by atoms with Crippen LogP contribution in [0.1, 0.15) is 6.23 Å². The predicted octanol–water partition coefficient (Wildman–Crippen LogP) is -3.22. The Hall–Kier alpha value is -0.224. The van der Waals surface area contributed by atoms with Gasteiger partial charge in [0.25, 0.3) is 5.56 Å². The van der Waals surface area contributed by atoms with E-state index >= 15 is 0 Å². The van der Waals surface area contributed by atoms with Gasteiger partial charge in [-0.1, -0.05) is 0 Å². The summed E-state index contributed by atoms with van der Waals surface area (Å²) < 4.78 is 21.6. The van der Waals surface area contributed by atoms with Crippen LogP contribution in [0, 0.1) is 0 Å². The molecule has 13 nitrogen and oxygen atoms in total. The first-order valence-electron chi connectivity index (χ1n) is 6.61. The molecule has 134 valence electrons. The van der Waals surface area contributed by atoms with Crippen LogP contribution in [0.2, 0.25) is 0 Å². The van der Waals surface area contributed by atoms with Gasteiger partial charge in [0.1, 0.15) is 18.3 Å². The van der Waals surface area contributed by atoms with Crippen LogP contribution in [0.25, 0.3) is 11.2 Å². The molecule has 0 aromatic carbocycles. The van der Waals surface area contributed by atoms with Crippen LogP contribution in [0.4, 0.5) is 5.95 Å². The van der Waals surface area contributed by atoms with Gasteiger partial charge in [0.2, 0.25) is 5.95 Å². The number of hydrogen-bond donors (Lipinski definition) is 6. The number of nitrogens with two attached hydrogens (primary N) is 1. The van der Waals surface area contributed by atoms with E-state index in [1.165, 1.54) is 10.9 Å². The summed E-state index contributed by atoms with van der Waals surface area (Å²) in [5, 5.41) is 20.1. The van der Waals surface area contributed by atoms with Crippen molar-refractivity contribution in [2.45, 2.75) is 24.5 Å². The zero-order valence-corrected chi connectivity index (χ0v) is 12.8. The minimum absolute atomic E-state index is 0. The standard InChI is InChI=1S/C10H14N5O8P.K.H/c11-10-13-7-4(8(18)14-10)12-2-15(7)9-6(17)5(16)3(23-9)1-22-24(19,20)21;;/h2-3,5-6,9,16-17H,1H2,(H2,19,20,21)(H3,11,13,14,18);;/t3-,5?,6?,9-;;/m1../s1. The first-order chi connectivity index (χ1) is 11.2. The second-order valence-corrected chi connectivity index (χ2v) is 6.35. The number of fused-ring (bicyclic) bond motifs is 1. The van der Waals surface area contributed by atoms with E-state index in [0.717, 1.165) is 0 Å². The number of aromatic amines is 1. The van der Waals surface area contributed by atoms with E-state index in [9.17, 15) is 19.6 Å². The summed E-state index contributed by atoms with van der Waals surface area (Å²) in [5.41, 5.74) is 4.84. The molecule has 0 aliphatic carbocycles. The van der Waals surface area contributed by atoms with Crippen molar-refractivity contribution in [1.82, 2.24) is 19.5 Å². The molecular formula is C10H15KN5O8P. The van der Waals surface area contributed by atoms with E-state index < -0.39 is 44.5 Å². The van der Waals surface area contributed by atoms with Crippen molar-refractivity contribution in [3.63, 3.8) is 0 Å². The van der Waals surface area contributed by atoms with E-state index in [1.54, 1.807) is 0 Å². The monoisotopic (exact) mass is 403 g/mol. The summed E-state index contributed by atoms with van der Waals surface area (Å²) in [6, 6.07) is 0. The molecule has 7 N–H and O–H groups in total. The Bertz CT molecular complexity index is 867. The Kier molecular flexibility index (Phi) is 6.57. The summed E-state index contributed by atoms with van der Waals surface area (Å²) >= 11 is 0. The number of hydrogen-bond acceptors (Lipinski definition) is 9. The maximum absolute atomic E-state index is 11.7. The van der Waals surface area contributed by atoms with Gasteiger partial charge in [-0.15, -0.1) is 0 Å². The first-order valence-corrected chi connectivity index (χ1v) is 8.14. The van der Waals surface area contributed by atoms with Gasteiger partial charge in [-0.2, -0.15) is 4.98 Å². The van der Waals surface area contributed by atoms with Crippen LogP contribution < -0.4 is 11.3 Å². The summed E-state index contributed by atoms with van der Waals surface area (Å²) in [7, 11) is -4.76. The fourth-order valence-corrected chi connectivity index (χ4v) is 2.74. The topological polar surface area (TPSA) is 206 Å². The summed E-state index contributed by atoms with van der Waals surface area (Å²) in [5.74, 6) is -0.177.